The number of morpholine rings is 1. The Labute approximate surface area is 139 Å². The van der Waals surface area contributed by atoms with Crippen LogP contribution in [0, 0.1) is 0 Å². The highest BCUT2D eigenvalue weighted by atomic mass is 16.5. The molecule has 3 rings (SSSR count). The summed E-state index contributed by atoms with van der Waals surface area (Å²) in [4.78, 5) is 26.8. The predicted octanol–water partition coefficient (Wildman–Crippen LogP) is 0.647. The lowest BCUT2D eigenvalue weighted by Gasteiger charge is -2.27. The van der Waals surface area contributed by atoms with Crippen LogP contribution < -0.4 is 15.0 Å². The normalized spacial score (nSPS) is 14.3. The number of ether oxygens (including phenoxy) is 2. The average Bonchev–Trinajstić information content (AvgIpc) is 2.67. The number of nitrogens with one attached hydrogen (secondary N) is 1. The third-order valence-electron chi connectivity index (χ3n) is 3.70. The van der Waals surface area contributed by atoms with E-state index in [9.17, 15) is 4.79 Å². The topological polar surface area (TPSA) is 89.5 Å². The van der Waals surface area contributed by atoms with E-state index in [0.717, 1.165) is 24.5 Å². The Hall–Kier alpha value is -2.74. The Balaban J connectivity index is 1.66. The van der Waals surface area contributed by atoms with Crippen molar-refractivity contribution < 1.29 is 14.3 Å². The van der Waals surface area contributed by atoms with Crippen LogP contribution in [0.5, 0.6) is 5.88 Å². The minimum absolute atomic E-state index is 0.266. The number of hydrogen-bond acceptors (Lipinski definition) is 7. The summed E-state index contributed by atoms with van der Waals surface area (Å²) >= 11 is 0. The van der Waals surface area contributed by atoms with Crippen LogP contribution in [-0.4, -0.2) is 54.3 Å². The maximum Gasteiger partial charge on any atom is 0.270 e. The summed E-state index contributed by atoms with van der Waals surface area (Å²) in [6.45, 7) is 3.14. The zero-order valence-electron chi connectivity index (χ0n) is 13.4. The van der Waals surface area contributed by atoms with Crippen LogP contribution in [0.3, 0.4) is 0 Å². The van der Waals surface area contributed by atoms with Gasteiger partial charge in [0.25, 0.3) is 5.91 Å². The predicted molar refractivity (Wildman–Crippen MR) is 87.0 cm³/mol. The van der Waals surface area contributed by atoms with Gasteiger partial charge in [-0.1, -0.05) is 6.07 Å². The Morgan fingerprint density at radius 1 is 1.33 bits per heavy atom. The van der Waals surface area contributed by atoms with E-state index in [2.05, 4.69) is 25.2 Å². The maximum atomic E-state index is 12.3. The van der Waals surface area contributed by atoms with Gasteiger partial charge in [0.1, 0.15) is 17.8 Å². The summed E-state index contributed by atoms with van der Waals surface area (Å²) in [6.07, 6.45) is 3.05. The van der Waals surface area contributed by atoms with Crippen molar-refractivity contribution in [1.82, 2.24) is 20.3 Å². The molecule has 0 aliphatic carbocycles. The minimum Gasteiger partial charge on any atom is -0.481 e. The SMILES string of the molecule is COc1ncccc1CNC(=O)c1cc(N2CCOCC2)ncn1. The van der Waals surface area contributed by atoms with E-state index in [1.807, 2.05) is 6.07 Å². The monoisotopic (exact) mass is 329 g/mol. The number of amides is 1. The molecule has 1 saturated heterocycles. The molecule has 0 atom stereocenters. The molecule has 3 heterocycles. The van der Waals surface area contributed by atoms with Crippen molar-refractivity contribution in [2.45, 2.75) is 6.54 Å². The maximum absolute atomic E-state index is 12.3. The van der Waals surface area contributed by atoms with E-state index in [-0.39, 0.29) is 5.91 Å². The second-order valence-electron chi connectivity index (χ2n) is 5.22. The van der Waals surface area contributed by atoms with Crippen LogP contribution in [-0.2, 0) is 11.3 Å². The number of anilines is 1. The van der Waals surface area contributed by atoms with E-state index < -0.39 is 0 Å². The molecule has 0 spiro atoms. The Morgan fingerprint density at radius 2 is 2.17 bits per heavy atom. The fourth-order valence-corrected chi connectivity index (χ4v) is 2.45. The largest absolute Gasteiger partial charge is 0.481 e. The highest BCUT2D eigenvalue weighted by Gasteiger charge is 2.15. The van der Waals surface area contributed by atoms with Gasteiger partial charge in [0.2, 0.25) is 5.88 Å². The molecular formula is C16H19N5O3. The van der Waals surface area contributed by atoms with Gasteiger partial charge in [-0.2, -0.15) is 0 Å². The van der Waals surface area contributed by atoms with E-state index in [0.29, 0.717) is 31.3 Å². The van der Waals surface area contributed by atoms with Crippen LogP contribution in [0.2, 0.25) is 0 Å². The van der Waals surface area contributed by atoms with Gasteiger partial charge < -0.3 is 19.7 Å². The van der Waals surface area contributed by atoms with Crippen molar-refractivity contribution in [3.8, 4) is 5.88 Å². The van der Waals surface area contributed by atoms with E-state index >= 15 is 0 Å². The van der Waals surface area contributed by atoms with Gasteiger partial charge in [-0.15, -0.1) is 0 Å². The van der Waals surface area contributed by atoms with Gasteiger partial charge in [0, 0.05) is 37.5 Å². The lowest BCUT2D eigenvalue weighted by Crippen LogP contribution is -2.37. The van der Waals surface area contributed by atoms with Gasteiger partial charge in [0.05, 0.1) is 20.3 Å². The smallest absolute Gasteiger partial charge is 0.270 e. The number of nitrogens with zero attached hydrogens (tertiary/aromatic N) is 4. The highest BCUT2D eigenvalue weighted by Crippen LogP contribution is 2.15. The van der Waals surface area contributed by atoms with Crippen molar-refractivity contribution >= 4 is 11.7 Å². The van der Waals surface area contributed by atoms with Gasteiger partial charge in [-0.25, -0.2) is 15.0 Å². The summed E-state index contributed by atoms with van der Waals surface area (Å²) < 4.78 is 10.5. The minimum atomic E-state index is -0.266. The summed E-state index contributed by atoms with van der Waals surface area (Å²) in [5, 5.41) is 2.83. The standard InChI is InChI=1S/C16H19N5O3/c1-23-16-12(3-2-4-17-16)10-18-15(22)13-9-14(20-11-19-13)21-5-7-24-8-6-21/h2-4,9,11H,5-8,10H2,1H3,(H,18,22). The molecule has 1 aliphatic rings. The summed E-state index contributed by atoms with van der Waals surface area (Å²) in [6, 6.07) is 5.34. The third kappa shape index (κ3) is 3.77. The molecule has 0 bridgehead atoms. The van der Waals surface area contributed by atoms with E-state index in [4.69, 9.17) is 9.47 Å². The Bertz CT molecular complexity index is 704. The number of carbonyl (C=O) groups is 1. The van der Waals surface area contributed by atoms with Crippen molar-refractivity contribution in [2.24, 2.45) is 0 Å². The molecule has 2 aromatic rings. The van der Waals surface area contributed by atoms with Crippen LogP contribution in [0.4, 0.5) is 5.82 Å². The fraction of sp³-hybridized carbons (Fsp3) is 0.375. The van der Waals surface area contributed by atoms with Gasteiger partial charge >= 0.3 is 0 Å². The first-order chi connectivity index (χ1) is 11.8. The van der Waals surface area contributed by atoms with Gasteiger partial charge in [-0.05, 0) is 6.07 Å². The first kappa shape index (κ1) is 16.1. The number of methoxy groups -OCH3 is 1. The molecule has 1 aliphatic heterocycles. The molecule has 0 unspecified atom stereocenters. The first-order valence-electron chi connectivity index (χ1n) is 7.69. The molecule has 0 saturated carbocycles. The molecule has 0 aromatic carbocycles. The molecule has 2 aromatic heterocycles. The fourth-order valence-electron chi connectivity index (χ4n) is 2.45. The van der Waals surface area contributed by atoms with Crippen LogP contribution in [0.15, 0.2) is 30.7 Å². The lowest BCUT2D eigenvalue weighted by atomic mass is 10.2. The van der Waals surface area contributed by atoms with Crippen LogP contribution in [0.1, 0.15) is 16.1 Å². The molecular weight excluding hydrogens is 310 g/mol. The van der Waals surface area contributed by atoms with E-state index in [1.165, 1.54) is 6.33 Å². The summed E-state index contributed by atoms with van der Waals surface area (Å²) in [5.74, 6) is 0.963. The molecule has 1 amide bonds. The van der Waals surface area contributed by atoms with Crippen molar-refractivity contribution in [3.63, 3.8) is 0 Å². The summed E-state index contributed by atoms with van der Waals surface area (Å²) in [5.41, 5.74) is 1.13. The number of hydrogen-bond donors (Lipinski definition) is 1. The molecule has 0 radical (unpaired) electrons. The third-order valence-corrected chi connectivity index (χ3v) is 3.70. The Kier molecular flexibility index (Phi) is 5.17. The van der Waals surface area contributed by atoms with Crippen molar-refractivity contribution in [3.05, 3.63) is 42.0 Å². The quantitative estimate of drug-likeness (QED) is 0.861. The molecule has 1 N–H and O–H groups in total. The van der Waals surface area contributed by atoms with Gasteiger partial charge in [0.15, 0.2) is 0 Å². The van der Waals surface area contributed by atoms with Crippen LogP contribution >= 0.6 is 0 Å². The lowest BCUT2D eigenvalue weighted by molar-refractivity contribution is 0.0945. The number of aromatic nitrogens is 3. The average molecular weight is 329 g/mol. The molecule has 8 nitrogen and oxygen atoms in total. The van der Waals surface area contributed by atoms with Crippen molar-refractivity contribution in [1.29, 1.82) is 0 Å². The number of rotatable bonds is 5. The molecule has 8 heteroatoms. The number of pyridine rings is 1. The summed E-state index contributed by atoms with van der Waals surface area (Å²) in [7, 11) is 1.55. The highest BCUT2D eigenvalue weighted by molar-refractivity contribution is 5.92. The molecule has 1 fully saturated rings. The second-order valence-corrected chi connectivity index (χ2v) is 5.22. The first-order valence-corrected chi connectivity index (χ1v) is 7.69. The zero-order chi connectivity index (χ0) is 16.8. The Morgan fingerprint density at radius 3 is 2.96 bits per heavy atom. The second kappa shape index (κ2) is 7.69. The van der Waals surface area contributed by atoms with E-state index in [1.54, 1.807) is 25.4 Å². The molecule has 126 valence electrons. The van der Waals surface area contributed by atoms with Gasteiger partial charge in [-0.3, -0.25) is 4.79 Å². The number of carbonyl (C=O) groups excluding carboxylic acids is 1. The zero-order valence-corrected chi connectivity index (χ0v) is 13.4. The molecule has 24 heavy (non-hydrogen) atoms. The van der Waals surface area contributed by atoms with Crippen LogP contribution in [0.25, 0.3) is 0 Å². The van der Waals surface area contributed by atoms with Crippen molar-refractivity contribution in [2.75, 3.05) is 38.3 Å².